The number of fused-ring (bicyclic) bond motifs is 5. The largest absolute Gasteiger partial charge is 0.511 e. The van der Waals surface area contributed by atoms with E-state index in [9.17, 15) is 28.8 Å². The zero-order valence-corrected chi connectivity index (χ0v) is 38.7. The lowest BCUT2D eigenvalue weighted by molar-refractivity contribution is -0.177. The van der Waals surface area contributed by atoms with Gasteiger partial charge in [0.1, 0.15) is 18.5 Å². The quantitative estimate of drug-likeness (QED) is 0.0365. The van der Waals surface area contributed by atoms with Gasteiger partial charge in [-0.25, -0.2) is 4.79 Å². The molecular formula is C48H75O12P. The SMILES string of the molecule is CCCCOP(=O)(CC(CCC(=O)OCOC(=O)O[C@@H]1CC[C@]2(C)C3CC[C@@]4(C)C(CCC4[C@H](C)CCC(=O)OCc4ccccc4)C3[C@@H](O)C[C@@H]2C1)C(C)=O)OCCCC. The number of aliphatic hydroxyl groups is 1. The van der Waals surface area contributed by atoms with Crippen molar-refractivity contribution < 1.29 is 56.8 Å². The molecule has 1 aromatic carbocycles. The number of carbonyl (C=O) groups excluding carboxylic acids is 4. The maximum Gasteiger partial charge on any atom is 0.511 e. The molecule has 344 valence electrons. The molecule has 1 N–H and O–H groups in total. The first-order valence-electron chi connectivity index (χ1n) is 23.4. The highest BCUT2D eigenvalue weighted by Gasteiger charge is 2.63. The lowest BCUT2D eigenvalue weighted by atomic mass is 9.43. The average molecular weight is 875 g/mol. The number of ketones is 1. The fourth-order valence-corrected chi connectivity index (χ4v) is 13.9. The molecule has 5 unspecified atom stereocenters. The van der Waals surface area contributed by atoms with Gasteiger partial charge in [-0.3, -0.25) is 18.9 Å². The number of Topliss-reactive ketones (excluding diaryl/α,β-unsaturated/α-hetero) is 1. The van der Waals surface area contributed by atoms with E-state index in [1.807, 2.05) is 44.2 Å². The molecule has 5 rings (SSSR count). The van der Waals surface area contributed by atoms with Crippen molar-refractivity contribution in [2.45, 2.75) is 163 Å². The van der Waals surface area contributed by atoms with E-state index in [1.165, 1.54) is 6.92 Å². The third-order valence-electron chi connectivity index (χ3n) is 15.4. The number of unbranched alkanes of at least 4 members (excludes halogenated alkanes) is 2. The van der Waals surface area contributed by atoms with Crippen LogP contribution in [-0.2, 0) is 53.6 Å². The van der Waals surface area contributed by atoms with Gasteiger partial charge in [0.2, 0.25) is 6.79 Å². The van der Waals surface area contributed by atoms with Crippen LogP contribution in [0.25, 0.3) is 0 Å². The number of ether oxygens (including phenoxy) is 4. The van der Waals surface area contributed by atoms with Crippen molar-refractivity contribution in [3.63, 3.8) is 0 Å². The predicted octanol–water partition coefficient (Wildman–Crippen LogP) is 10.6. The van der Waals surface area contributed by atoms with Crippen LogP contribution in [0, 0.1) is 52.3 Å². The van der Waals surface area contributed by atoms with Gasteiger partial charge in [0.15, 0.2) is 0 Å². The number of hydrogen-bond donors (Lipinski definition) is 1. The highest BCUT2D eigenvalue weighted by molar-refractivity contribution is 7.53. The van der Waals surface area contributed by atoms with Gasteiger partial charge in [0.05, 0.1) is 25.5 Å². The molecule has 0 bridgehead atoms. The van der Waals surface area contributed by atoms with Crippen LogP contribution in [0.1, 0.15) is 150 Å². The van der Waals surface area contributed by atoms with Gasteiger partial charge in [0, 0.05) is 18.8 Å². The normalized spacial score (nSPS) is 30.5. The maximum atomic E-state index is 13.5. The summed E-state index contributed by atoms with van der Waals surface area (Å²) >= 11 is 0. The van der Waals surface area contributed by atoms with E-state index in [0.29, 0.717) is 68.8 Å². The highest BCUT2D eigenvalue weighted by atomic mass is 31.2. The Morgan fingerprint density at radius 2 is 1.46 bits per heavy atom. The minimum absolute atomic E-state index is 0.0332. The molecule has 0 saturated heterocycles. The molecule has 0 aromatic heterocycles. The first-order valence-corrected chi connectivity index (χ1v) is 25.1. The molecule has 4 aliphatic rings. The molecule has 4 saturated carbocycles. The van der Waals surface area contributed by atoms with Gasteiger partial charge in [-0.1, -0.05) is 77.8 Å². The van der Waals surface area contributed by atoms with Crippen LogP contribution in [0.3, 0.4) is 0 Å². The molecule has 12 nitrogen and oxygen atoms in total. The third kappa shape index (κ3) is 12.9. The number of rotatable bonds is 23. The van der Waals surface area contributed by atoms with Crippen LogP contribution in [0.4, 0.5) is 4.79 Å². The molecule has 13 heteroatoms. The van der Waals surface area contributed by atoms with Crippen molar-refractivity contribution in [3.05, 3.63) is 35.9 Å². The summed E-state index contributed by atoms with van der Waals surface area (Å²) in [6.07, 6.45) is 9.87. The zero-order valence-electron chi connectivity index (χ0n) is 37.8. The summed E-state index contributed by atoms with van der Waals surface area (Å²) in [5, 5.41) is 11.9. The Kier molecular flexibility index (Phi) is 18.3. The number of benzene rings is 1. The minimum atomic E-state index is -3.54. The Morgan fingerprint density at radius 3 is 2.13 bits per heavy atom. The molecule has 4 aliphatic carbocycles. The molecule has 0 radical (unpaired) electrons. The molecule has 0 spiro atoms. The fourth-order valence-electron chi connectivity index (χ4n) is 11.8. The Bertz CT molecular complexity index is 1620. The Morgan fingerprint density at radius 1 is 0.820 bits per heavy atom. The summed E-state index contributed by atoms with van der Waals surface area (Å²) in [7, 11) is -3.54. The molecule has 4 fully saturated rings. The van der Waals surface area contributed by atoms with Crippen LogP contribution in [0.15, 0.2) is 30.3 Å². The number of esters is 2. The first-order chi connectivity index (χ1) is 29.1. The number of hydrogen-bond acceptors (Lipinski definition) is 12. The van der Waals surface area contributed by atoms with E-state index < -0.39 is 38.5 Å². The lowest BCUT2D eigenvalue weighted by Crippen LogP contribution is -2.58. The van der Waals surface area contributed by atoms with Crippen LogP contribution in [0.2, 0.25) is 0 Å². The summed E-state index contributed by atoms with van der Waals surface area (Å²) in [5.41, 5.74) is 1.15. The van der Waals surface area contributed by atoms with E-state index in [2.05, 4.69) is 20.8 Å². The van der Waals surface area contributed by atoms with Crippen molar-refractivity contribution in [1.82, 2.24) is 0 Å². The third-order valence-corrected chi connectivity index (χ3v) is 17.4. The Labute approximate surface area is 364 Å². The second-order valence-electron chi connectivity index (χ2n) is 19.2. The van der Waals surface area contributed by atoms with Crippen LogP contribution >= 0.6 is 7.60 Å². The second-order valence-corrected chi connectivity index (χ2v) is 21.3. The van der Waals surface area contributed by atoms with Crippen molar-refractivity contribution in [2.24, 2.45) is 52.3 Å². The highest BCUT2D eigenvalue weighted by Crippen LogP contribution is 2.68. The summed E-state index contributed by atoms with van der Waals surface area (Å²) in [6, 6.07) is 9.78. The van der Waals surface area contributed by atoms with E-state index in [-0.39, 0.29) is 72.7 Å². The lowest BCUT2D eigenvalue weighted by Gasteiger charge is -2.62. The maximum absolute atomic E-state index is 13.5. The van der Waals surface area contributed by atoms with Gasteiger partial charge >= 0.3 is 25.7 Å². The van der Waals surface area contributed by atoms with Gasteiger partial charge in [-0.05, 0) is 136 Å². The standard InChI is InChI=1S/C48H75O12P/c1-7-9-26-58-61(54,59-27-10-8-2)31-36(34(4)49)17-21-44(52)56-32-57-46(53)60-38-22-24-47(5)37(28-38)29-42(50)45-40-19-18-39(48(40,6)25-23-41(45)47)33(3)16-20-43(51)55-30-35-14-12-11-13-15-35/h11-15,33,36-42,45,50H,7-10,16-32H2,1-6H3/t33-,36?,37+,38-,39?,40?,41?,42+,45?,47+,48-/m1/s1. The summed E-state index contributed by atoms with van der Waals surface area (Å²) in [5.74, 6) is 0.421. The molecule has 11 atom stereocenters. The van der Waals surface area contributed by atoms with E-state index in [4.69, 9.17) is 28.0 Å². The van der Waals surface area contributed by atoms with Gasteiger partial charge in [-0.15, -0.1) is 0 Å². The minimum Gasteiger partial charge on any atom is -0.461 e. The van der Waals surface area contributed by atoms with Crippen molar-refractivity contribution in [3.8, 4) is 0 Å². The van der Waals surface area contributed by atoms with Crippen molar-refractivity contribution >= 4 is 31.5 Å². The average Bonchev–Trinajstić information content (AvgIpc) is 3.59. The monoisotopic (exact) mass is 874 g/mol. The predicted molar refractivity (Wildman–Crippen MR) is 231 cm³/mol. The van der Waals surface area contributed by atoms with Gasteiger partial charge < -0.3 is 33.1 Å². The first kappa shape index (κ1) is 49.2. The van der Waals surface area contributed by atoms with Gasteiger partial charge in [0.25, 0.3) is 0 Å². The number of carbonyl (C=O) groups is 4. The Balaban J connectivity index is 1.05. The summed E-state index contributed by atoms with van der Waals surface area (Å²) in [6.45, 7) is 12.8. The van der Waals surface area contributed by atoms with Crippen LogP contribution < -0.4 is 0 Å². The topological polar surface area (TPSA) is 161 Å². The van der Waals surface area contributed by atoms with Crippen molar-refractivity contribution in [2.75, 3.05) is 26.2 Å². The van der Waals surface area contributed by atoms with Crippen LogP contribution in [0.5, 0.6) is 0 Å². The fraction of sp³-hybridized carbons (Fsp3) is 0.792. The van der Waals surface area contributed by atoms with E-state index in [0.717, 1.165) is 56.9 Å². The molecule has 0 aliphatic heterocycles. The van der Waals surface area contributed by atoms with Gasteiger partial charge in [-0.2, -0.15) is 0 Å². The van der Waals surface area contributed by atoms with E-state index >= 15 is 0 Å². The van der Waals surface area contributed by atoms with E-state index in [1.54, 1.807) is 0 Å². The Hall–Kier alpha value is -2.79. The summed E-state index contributed by atoms with van der Waals surface area (Å²) < 4.78 is 46.4. The zero-order chi connectivity index (χ0) is 44.2. The van der Waals surface area contributed by atoms with Crippen LogP contribution in [-0.4, -0.2) is 67.4 Å². The molecule has 0 heterocycles. The molecule has 61 heavy (non-hydrogen) atoms. The molecular weight excluding hydrogens is 799 g/mol. The molecule has 1 aromatic rings. The second kappa shape index (κ2) is 22.7. The number of aliphatic hydroxyl groups excluding tert-OH is 1. The summed E-state index contributed by atoms with van der Waals surface area (Å²) in [4.78, 5) is 50.5. The van der Waals surface area contributed by atoms with Crippen molar-refractivity contribution in [1.29, 1.82) is 0 Å². The smallest absolute Gasteiger partial charge is 0.461 e. The molecule has 0 amide bonds.